The molecule has 0 unspecified atom stereocenters. The Hall–Kier alpha value is -2.44. The van der Waals surface area contributed by atoms with Gasteiger partial charge in [0.1, 0.15) is 0 Å². The molecule has 1 aliphatic heterocycles. The third-order valence-corrected chi connectivity index (χ3v) is 7.51. The number of nitrogens with zero attached hydrogens (tertiary/aromatic N) is 4. The van der Waals surface area contributed by atoms with Crippen LogP contribution in [0.1, 0.15) is 50.3 Å². The number of hydrogen-bond acceptors (Lipinski definition) is 4. The molecule has 3 aromatic rings. The molecule has 1 aromatic heterocycles. The first-order valence-electron chi connectivity index (χ1n) is 11.7. The highest BCUT2D eigenvalue weighted by Gasteiger charge is 2.19. The van der Waals surface area contributed by atoms with Gasteiger partial charge in [0, 0.05) is 19.1 Å². The molecule has 170 valence electrons. The number of piperidine rings is 1. The molecule has 0 amide bonds. The lowest BCUT2D eigenvalue weighted by atomic mass is 9.93. The minimum absolute atomic E-state index is 0.0434. The average Bonchev–Trinajstić information content (AvgIpc) is 3.12. The summed E-state index contributed by atoms with van der Waals surface area (Å²) >= 11 is 1.49. The van der Waals surface area contributed by atoms with Gasteiger partial charge in [0.15, 0.2) is 0 Å². The van der Waals surface area contributed by atoms with E-state index in [1.807, 2.05) is 26.7 Å². The van der Waals surface area contributed by atoms with Gasteiger partial charge in [-0.05, 0) is 74.8 Å². The molecule has 1 fully saturated rings. The van der Waals surface area contributed by atoms with E-state index in [-0.39, 0.29) is 11.7 Å². The largest absolute Gasteiger partial charge is 0.340 e. The van der Waals surface area contributed by atoms with Crippen LogP contribution in [-0.2, 0) is 13.1 Å². The van der Waals surface area contributed by atoms with Crippen molar-refractivity contribution < 1.29 is 0 Å². The van der Waals surface area contributed by atoms with Crippen molar-refractivity contribution in [1.82, 2.24) is 13.4 Å². The highest BCUT2D eigenvalue weighted by Crippen LogP contribution is 2.21. The monoisotopic (exact) mass is 450 g/mol. The maximum Gasteiger partial charge on any atom is 0.340 e. The molecule has 6 heteroatoms. The standard InChI is InChI=1S/C26H34N4OS/c1-21(2)30-26(31)29(20-24-11-7-4-8-12-24)25(32-30)27-16-13-22-14-17-28(18-15-22)19-23-9-5-3-6-10-23/h3-12,21-22H,13-20H2,1-2H3. The van der Waals surface area contributed by atoms with Crippen LogP contribution in [0.25, 0.3) is 0 Å². The summed E-state index contributed by atoms with van der Waals surface area (Å²) < 4.78 is 3.67. The molecule has 2 aromatic carbocycles. The van der Waals surface area contributed by atoms with Crippen molar-refractivity contribution >= 4 is 11.5 Å². The van der Waals surface area contributed by atoms with Crippen molar-refractivity contribution in [2.45, 2.75) is 52.2 Å². The topological polar surface area (TPSA) is 42.5 Å². The van der Waals surface area contributed by atoms with Crippen LogP contribution >= 0.6 is 11.5 Å². The number of hydrogen-bond donors (Lipinski definition) is 0. The van der Waals surface area contributed by atoms with E-state index in [1.54, 1.807) is 0 Å². The van der Waals surface area contributed by atoms with Crippen molar-refractivity contribution in [2.75, 3.05) is 19.6 Å². The lowest BCUT2D eigenvalue weighted by molar-refractivity contribution is 0.173. The van der Waals surface area contributed by atoms with Crippen LogP contribution in [0.5, 0.6) is 0 Å². The maximum absolute atomic E-state index is 13.0. The molecule has 0 bridgehead atoms. The van der Waals surface area contributed by atoms with E-state index >= 15 is 0 Å². The summed E-state index contributed by atoms with van der Waals surface area (Å²) in [6.07, 6.45) is 3.56. The Bertz CT molecular complexity index is 1090. The minimum Gasteiger partial charge on any atom is -0.299 e. The van der Waals surface area contributed by atoms with E-state index in [9.17, 15) is 4.79 Å². The molecular weight excluding hydrogens is 416 g/mol. The Morgan fingerprint density at radius 1 is 0.938 bits per heavy atom. The Morgan fingerprint density at radius 3 is 2.12 bits per heavy atom. The van der Waals surface area contributed by atoms with E-state index in [2.05, 4.69) is 61.2 Å². The van der Waals surface area contributed by atoms with Crippen molar-refractivity contribution in [3.63, 3.8) is 0 Å². The second-order valence-electron chi connectivity index (χ2n) is 9.02. The zero-order valence-electron chi connectivity index (χ0n) is 19.2. The van der Waals surface area contributed by atoms with Crippen LogP contribution in [0.4, 0.5) is 0 Å². The molecule has 2 heterocycles. The van der Waals surface area contributed by atoms with Crippen LogP contribution in [-0.4, -0.2) is 33.1 Å². The summed E-state index contributed by atoms with van der Waals surface area (Å²) in [5.74, 6) is 0.720. The van der Waals surface area contributed by atoms with Crippen LogP contribution in [0.15, 0.2) is 70.5 Å². The summed E-state index contributed by atoms with van der Waals surface area (Å²) in [5.41, 5.74) is 2.57. The molecule has 0 spiro atoms. The van der Waals surface area contributed by atoms with Gasteiger partial charge in [-0.2, -0.15) is 0 Å². The second-order valence-corrected chi connectivity index (χ2v) is 9.96. The first kappa shape index (κ1) is 22.7. The van der Waals surface area contributed by atoms with E-state index < -0.39 is 0 Å². The summed E-state index contributed by atoms with van der Waals surface area (Å²) in [6.45, 7) is 8.83. The van der Waals surface area contributed by atoms with Gasteiger partial charge in [-0.1, -0.05) is 60.7 Å². The molecule has 0 aliphatic carbocycles. The molecule has 32 heavy (non-hydrogen) atoms. The maximum atomic E-state index is 13.0. The number of benzene rings is 2. The van der Waals surface area contributed by atoms with Gasteiger partial charge < -0.3 is 0 Å². The van der Waals surface area contributed by atoms with E-state index in [1.165, 1.54) is 29.9 Å². The average molecular weight is 451 g/mol. The molecular formula is C26H34N4OS. The fourth-order valence-corrected chi connectivity index (χ4v) is 5.29. The van der Waals surface area contributed by atoms with E-state index in [4.69, 9.17) is 4.99 Å². The first-order valence-corrected chi connectivity index (χ1v) is 12.5. The molecule has 5 nitrogen and oxygen atoms in total. The van der Waals surface area contributed by atoms with E-state index in [0.717, 1.165) is 48.9 Å². The normalized spacial score (nSPS) is 16.2. The Morgan fingerprint density at radius 2 is 1.53 bits per heavy atom. The lowest BCUT2D eigenvalue weighted by Crippen LogP contribution is -2.33. The lowest BCUT2D eigenvalue weighted by Gasteiger charge is -2.31. The summed E-state index contributed by atoms with van der Waals surface area (Å²) in [6, 6.07) is 21.1. The molecule has 1 saturated heterocycles. The number of aromatic nitrogens is 2. The van der Waals surface area contributed by atoms with Crippen molar-refractivity contribution in [3.05, 3.63) is 87.1 Å². The summed E-state index contributed by atoms with van der Waals surface area (Å²) in [4.78, 5) is 21.3. The Balaban J connectivity index is 1.37. The van der Waals surface area contributed by atoms with Gasteiger partial charge in [-0.25, -0.2) is 8.75 Å². The second kappa shape index (κ2) is 10.9. The fourth-order valence-electron chi connectivity index (χ4n) is 4.34. The van der Waals surface area contributed by atoms with Crippen LogP contribution in [0.2, 0.25) is 0 Å². The van der Waals surface area contributed by atoms with E-state index in [0.29, 0.717) is 6.54 Å². The zero-order chi connectivity index (χ0) is 22.3. The smallest absolute Gasteiger partial charge is 0.299 e. The van der Waals surface area contributed by atoms with Crippen molar-refractivity contribution in [2.24, 2.45) is 10.9 Å². The Kier molecular flexibility index (Phi) is 7.76. The zero-order valence-corrected chi connectivity index (χ0v) is 20.0. The van der Waals surface area contributed by atoms with Gasteiger partial charge in [-0.3, -0.25) is 14.5 Å². The molecule has 0 atom stereocenters. The molecule has 1 aliphatic rings. The highest BCUT2D eigenvalue weighted by atomic mass is 32.1. The van der Waals surface area contributed by atoms with Crippen molar-refractivity contribution in [1.29, 1.82) is 0 Å². The third-order valence-electron chi connectivity index (χ3n) is 6.22. The fraction of sp³-hybridized carbons (Fsp3) is 0.462. The predicted molar refractivity (Wildman–Crippen MR) is 132 cm³/mol. The third kappa shape index (κ3) is 5.87. The SMILES string of the molecule is CC(C)n1sc(=NCCC2CCN(Cc3ccccc3)CC2)n(Cc2ccccc2)c1=O. The van der Waals surface area contributed by atoms with Gasteiger partial charge in [0.05, 0.1) is 6.54 Å². The quantitative estimate of drug-likeness (QED) is 0.506. The molecule has 0 N–H and O–H groups in total. The van der Waals surface area contributed by atoms with Gasteiger partial charge >= 0.3 is 5.69 Å². The van der Waals surface area contributed by atoms with Gasteiger partial charge in [-0.15, -0.1) is 0 Å². The molecule has 0 radical (unpaired) electrons. The van der Waals surface area contributed by atoms with Crippen molar-refractivity contribution in [3.8, 4) is 0 Å². The number of likely N-dealkylation sites (tertiary alicyclic amines) is 1. The van der Waals surface area contributed by atoms with Gasteiger partial charge in [0.25, 0.3) is 0 Å². The van der Waals surface area contributed by atoms with Crippen LogP contribution < -0.4 is 10.5 Å². The first-order chi connectivity index (χ1) is 15.6. The van der Waals surface area contributed by atoms with Crippen LogP contribution in [0.3, 0.4) is 0 Å². The minimum atomic E-state index is 0.0434. The van der Waals surface area contributed by atoms with Gasteiger partial charge in [0.2, 0.25) is 4.80 Å². The Labute approximate surface area is 194 Å². The molecule has 0 saturated carbocycles. The van der Waals surface area contributed by atoms with Crippen LogP contribution in [0, 0.1) is 5.92 Å². The molecule has 4 rings (SSSR count). The summed E-state index contributed by atoms with van der Waals surface area (Å²) in [7, 11) is 0. The number of rotatable bonds is 8. The highest BCUT2D eigenvalue weighted by molar-refractivity contribution is 7.03. The summed E-state index contributed by atoms with van der Waals surface area (Å²) in [5, 5.41) is 0. The predicted octanol–water partition coefficient (Wildman–Crippen LogP) is 4.54.